The number of nitrogens with two attached hydrogens (primary N) is 1. The van der Waals surface area contributed by atoms with Crippen molar-refractivity contribution in [2.75, 3.05) is 31.0 Å². The molecule has 0 aliphatic carbocycles. The first kappa shape index (κ1) is 38.2. The summed E-state index contributed by atoms with van der Waals surface area (Å²) in [5, 5.41) is 17.5. The molecule has 2 aromatic heterocycles. The van der Waals surface area contributed by atoms with Crippen LogP contribution in [0.25, 0.3) is 5.52 Å². The van der Waals surface area contributed by atoms with Crippen LogP contribution in [0.3, 0.4) is 0 Å². The lowest BCUT2D eigenvalue weighted by Crippen LogP contribution is -2.50. The van der Waals surface area contributed by atoms with Gasteiger partial charge in [0.15, 0.2) is 18.0 Å². The highest BCUT2D eigenvalue weighted by Crippen LogP contribution is 2.50. The Morgan fingerprint density at radius 2 is 1.77 bits per heavy atom. The quantitative estimate of drug-likeness (QED) is 0.111. The van der Waals surface area contributed by atoms with Gasteiger partial charge in [-0.05, 0) is 39.2 Å². The molecule has 260 valence electrons. The van der Waals surface area contributed by atoms with Gasteiger partial charge in [0, 0.05) is 5.75 Å². The number of hydrogen-bond donors (Lipinski definition) is 2. The summed E-state index contributed by atoms with van der Waals surface area (Å²) in [7, 11) is -4.36. The fourth-order valence-corrected chi connectivity index (χ4v) is 6.29. The molecule has 1 unspecified atom stereocenters. The van der Waals surface area contributed by atoms with Gasteiger partial charge in [-0.3, -0.25) is 23.4 Å². The second-order valence-electron chi connectivity index (χ2n) is 11.7. The van der Waals surface area contributed by atoms with Crippen molar-refractivity contribution in [2.24, 2.45) is 11.8 Å². The first-order chi connectivity index (χ1) is 22.1. The highest BCUT2D eigenvalue weighted by molar-refractivity contribution is 7.98. The van der Waals surface area contributed by atoms with Gasteiger partial charge in [-0.25, -0.2) is 19.2 Å². The average molecular weight is 699 g/mol. The number of thioether (sulfide) groups is 1. The SMILES string of the molecule is CSCCOP(=O)(N[C@@H](C)C(=O)OC(C)C)OC[C@@]1(C#N)O[C@@H](c2ccc3c(N)ncnn23)[C@H](OC(=O)C(C)C)[C@@H]1OC(=O)C(C)C. The van der Waals surface area contributed by atoms with Gasteiger partial charge in [-0.15, -0.1) is 0 Å². The van der Waals surface area contributed by atoms with Gasteiger partial charge in [0.1, 0.15) is 36.7 Å². The van der Waals surface area contributed by atoms with Crippen LogP contribution in [-0.4, -0.2) is 87.7 Å². The molecule has 1 aliphatic rings. The molecule has 3 rings (SSSR count). The lowest BCUT2D eigenvalue weighted by molar-refractivity contribution is -0.173. The molecule has 3 heterocycles. The maximum Gasteiger partial charge on any atom is 0.406 e. The van der Waals surface area contributed by atoms with Crippen molar-refractivity contribution < 1.29 is 46.9 Å². The van der Waals surface area contributed by atoms with Crippen molar-refractivity contribution >= 4 is 48.8 Å². The predicted octanol–water partition coefficient (Wildman–Crippen LogP) is 3.21. The minimum absolute atomic E-state index is 0.0436. The van der Waals surface area contributed by atoms with Crippen LogP contribution < -0.4 is 10.8 Å². The van der Waals surface area contributed by atoms with Crippen LogP contribution in [0.5, 0.6) is 0 Å². The number of aromatic nitrogens is 3. The number of esters is 3. The summed E-state index contributed by atoms with van der Waals surface area (Å²) in [5.74, 6) is -2.77. The van der Waals surface area contributed by atoms with Crippen LogP contribution in [0.15, 0.2) is 18.5 Å². The Hall–Kier alpha value is -3.26. The molecule has 18 heteroatoms. The van der Waals surface area contributed by atoms with Crippen molar-refractivity contribution in [3.8, 4) is 6.07 Å². The van der Waals surface area contributed by atoms with Crippen LogP contribution >= 0.6 is 19.5 Å². The molecule has 0 aromatic carbocycles. The minimum atomic E-state index is -4.36. The molecule has 1 saturated heterocycles. The maximum atomic E-state index is 14.0. The van der Waals surface area contributed by atoms with Crippen LogP contribution in [0.4, 0.5) is 5.82 Å². The molecular formula is C29H43N6O10PS. The standard InChI is InChI=1S/C29H43N6O10PS/c1-16(2)26(36)43-23-22(20-9-10-21-25(31)32-15-33-35(20)21)45-29(13-30,24(23)44-27(37)17(3)4)14-41-46(39,40-11-12-47-8)34-19(7)28(38)42-18(5)6/h9-10,15-19,22-24H,11-12,14H2,1-8H3,(H,34,39)(H2,31,32,33)/t19-,22-,23-,24-,29+,46?/m0/s1. The van der Waals surface area contributed by atoms with Gasteiger partial charge in [0.25, 0.3) is 0 Å². The third kappa shape index (κ3) is 9.21. The van der Waals surface area contributed by atoms with Crippen LogP contribution in [0.1, 0.15) is 60.3 Å². The van der Waals surface area contributed by atoms with Gasteiger partial charge in [0.2, 0.25) is 5.60 Å². The summed E-state index contributed by atoms with van der Waals surface area (Å²) in [6.45, 7) is 10.3. The Bertz CT molecular complexity index is 1510. The summed E-state index contributed by atoms with van der Waals surface area (Å²) in [5.41, 5.74) is 4.52. The topological polar surface area (TPSA) is 216 Å². The first-order valence-electron chi connectivity index (χ1n) is 15.0. The van der Waals surface area contributed by atoms with Crippen molar-refractivity contribution in [3.63, 3.8) is 0 Å². The van der Waals surface area contributed by atoms with Crippen molar-refractivity contribution in [3.05, 3.63) is 24.2 Å². The molecule has 1 aliphatic heterocycles. The molecule has 16 nitrogen and oxygen atoms in total. The first-order valence-corrected chi connectivity index (χ1v) is 18.0. The van der Waals surface area contributed by atoms with Gasteiger partial charge >= 0.3 is 25.7 Å². The number of nitrogens with zero attached hydrogens (tertiary/aromatic N) is 4. The number of carbonyl (C=O) groups excluding carboxylic acids is 3. The molecule has 0 saturated carbocycles. The van der Waals surface area contributed by atoms with Gasteiger partial charge in [0.05, 0.1) is 30.2 Å². The molecule has 0 bridgehead atoms. The molecule has 3 N–H and O–H groups in total. The second kappa shape index (κ2) is 16.2. The molecule has 0 amide bonds. The third-order valence-corrected chi connectivity index (χ3v) is 9.15. The van der Waals surface area contributed by atoms with Gasteiger partial charge < -0.3 is 24.7 Å². The normalized spacial score (nSPS) is 23.1. The van der Waals surface area contributed by atoms with E-state index in [1.165, 1.54) is 29.5 Å². The predicted molar refractivity (Wildman–Crippen MR) is 171 cm³/mol. The number of nitriles is 1. The Morgan fingerprint density at radius 1 is 1.11 bits per heavy atom. The molecule has 6 atom stereocenters. The monoisotopic (exact) mass is 698 g/mol. The number of nitrogens with one attached hydrogen (secondary N) is 1. The number of anilines is 1. The van der Waals surface area contributed by atoms with E-state index in [2.05, 4.69) is 15.2 Å². The number of ether oxygens (including phenoxy) is 4. The fraction of sp³-hybridized carbons (Fsp3) is 0.655. The fourth-order valence-electron chi connectivity index (χ4n) is 4.42. The summed E-state index contributed by atoms with van der Waals surface area (Å²) >= 11 is 1.42. The second-order valence-corrected chi connectivity index (χ2v) is 14.5. The van der Waals surface area contributed by atoms with Crippen molar-refractivity contribution in [2.45, 2.75) is 84.5 Å². The summed E-state index contributed by atoms with van der Waals surface area (Å²) < 4.78 is 50.1. The van der Waals surface area contributed by atoms with Gasteiger partial charge in [-0.2, -0.15) is 22.1 Å². The number of fused-ring (bicyclic) bond motifs is 1. The highest BCUT2D eigenvalue weighted by Gasteiger charge is 2.62. The van der Waals surface area contributed by atoms with Crippen LogP contribution in [0, 0.1) is 23.2 Å². The zero-order chi connectivity index (χ0) is 35.1. The maximum absolute atomic E-state index is 14.0. The Balaban J connectivity index is 2.10. The van der Waals surface area contributed by atoms with E-state index in [9.17, 15) is 24.2 Å². The van der Waals surface area contributed by atoms with Crippen molar-refractivity contribution in [1.82, 2.24) is 19.7 Å². The molecule has 0 spiro atoms. The Labute approximate surface area is 277 Å². The average Bonchev–Trinajstić information content (AvgIpc) is 3.56. The minimum Gasteiger partial charge on any atom is -0.462 e. The van der Waals surface area contributed by atoms with Crippen molar-refractivity contribution in [1.29, 1.82) is 5.26 Å². The van der Waals surface area contributed by atoms with E-state index in [1.54, 1.807) is 53.7 Å². The van der Waals surface area contributed by atoms with E-state index in [-0.39, 0.29) is 12.4 Å². The Morgan fingerprint density at radius 3 is 2.36 bits per heavy atom. The summed E-state index contributed by atoms with van der Waals surface area (Å²) in [6.07, 6.45) is -1.64. The smallest absolute Gasteiger partial charge is 0.406 e. The number of rotatable bonds is 16. The molecule has 0 radical (unpaired) electrons. The van der Waals surface area contributed by atoms with Gasteiger partial charge in [-0.1, -0.05) is 27.7 Å². The number of nitrogen functional groups attached to an aromatic ring is 1. The van der Waals surface area contributed by atoms with Crippen LogP contribution in [-0.2, 0) is 46.9 Å². The summed E-state index contributed by atoms with van der Waals surface area (Å²) in [6, 6.07) is 4.08. The van der Waals surface area contributed by atoms with E-state index in [4.69, 9.17) is 33.7 Å². The third-order valence-electron chi connectivity index (χ3n) is 6.88. The lowest BCUT2D eigenvalue weighted by Gasteiger charge is -2.31. The molecule has 2 aromatic rings. The van der Waals surface area contributed by atoms with E-state index in [1.807, 2.05) is 12.3 Å². The van der Waals surface area contributed by atoms with Crippen LogP contribution in [0.2, 0.25) is 0 Å². The lowest BCUT2D eigenvalue weighted by atomic mass is 9.95. The highest BCUT2D eigenvalue weighted by atomic mass is 32.2. The van der Waals surface area contributed by atoms with E-state index < -0.39 is 80.2 Å². The van der Waals surface area contributed by atoms with E-state index >= 15 is 0 Å². The Kier molecular flexibility index (Phi) is 13.2. The van der Waals surface area contributed by atoms with E-state index in [0.29, 0.717) is 17.0 Å². The molecule has 1 fully saturated rings. The number of hydrogen-bond acceptors (Lipinski definition) is 15. The number of carbonyl (C=O) groups is 3. The summed E-state index contributed by atoms with van der Waals surface area (Å²) in [4.78, 5) is 42.6. The van der Waals surface area contributed by atoms with E-state index in [0.717, 1.165) is 0 Å². The largest absolute Gasteiger partial charge is 0.462 e. The zero-order valence-corrected chi connectivity index (χ0v) is 29.4. The zero-order valence-electron chi connectivity index (χ0n) is 27.7. The molecular weight excluding hydrogens is 655 g/mol. The molecule has 47 heavy (non-hydrogen) atoms.